The maximum Gasteiger partial charge on any atom is 0.408 e. The minimum absolute atomic E-state index is 0. The smallest absolute Gasteiger partial charge is 0.408 e. The van der Waals surface area contributed by atoms with Crippen LogP contribution in [0.3, 0.4) is 0 Å². The van der Waals surface area contributed by atoms with E-state index in [2.05, 4.69) is 10.1 Å². The molecular weight excluding hydrogens is 280 g/mol. The summed E-state index contributed by atoms with van der Waals surface area (Å²) < 4.78 is 37.1. The normalized spacial score (nSPS) is 20.8. The Kier molecular flexibility index (Phi) is 4.94. The average molecular weight is 294 g/mol. The number of halogens is 3. The molecule has 0 bridgehead atoms. The molecule has 0 unspecified atom stereocenters. The highest BCUT2D eigenvalue weighted by atomic mass is 35.5. The fourth-order valence-corrected chi connectivity index (χ4v) is 1.82. The summed E-state index contributed by atoms with van der Waals surface area (Å²) in [7, 11) is 0. The predicted octanol–water partition coefficient (Wildman–Crippen LogP) is 2.92. The van der Waals surface area contributed by atoms with E-state index >= 15 is 0 Å². The van der Waals surface area contributed by atoms with Gasteiger partial charge in [0, 0.05) is 5.56 Å². The molecular formula is C12H14ClF2NO3. The molecule has 1 aliphatic heterocycles. The van der Waals surface area contributed by atoms with Crippen LogP contribution in [-0.2, 0) is 4.74 Å². The summed E-state index contributed by atoms with van der Waals surface area (Å²) in [4.78, 5) is 11.1. The molecule has 0 aliphatic carbocycles. The van der Waals surface area contributed by atoms with Gasteiger partial charge in [-0.3, -0.25) is 0 Å². The first-order valence-electron chi connectivity index (χ1n) is 5.57. The number of para-hydroxylation sites is 1. The number of alkyl carbamates (subject to hydrolysis) is 1. The fraction of sp³-hybridized carbons (Fsp3) is 0.417. The van der Waals surface area contributed by atoms with E-state index in [9.17, 15) is 13.6 Å². The van der Waals surface area contributed by atoms with Crippen molar-refractivity contribution in [2.45, 2.75) is 18.9 Å². The maximum atomic E-state index is 13.8. The largest absolute Gasteiger partial charge is 0.494 e. The standard InChI is InChI=1S/C12H13F2NO3.ClH/c1-2-17-9-6-4-3-5-8(9)10-12(13,14)7-18-11(16)15-10;/h3-6,10H,2,7H2,1H3,(H,15,16);1H/t10-;/m1./s1. The van der Waals surface area contributed by atoms with Crippen molar-refractivity contribution >= 4 is 18.5 Å². The monoisotopic (exact) mass is 293 g/mol. The highest BCUT2D eigenvalue weighted by Crippen LogP contribution is 2.38. The van der Waals surface area contributed by atoms with Gasteiger partial charge in [0.1, 0.15) is 11.8 Å². The molecule has 1 aromatic rings. The highest BCUT2D eigenvalue weighted by Gasteiger charge is 2.47. The summed E-state index contributed by atoms with van der Waals surface area (Å²) >= 11 is 0. The van der Waals surface area contributed by atoms with Gasteiger partial charge in [-0.15, -0.1) is 12.4 Å². The fourth-order valence-electron chi connectivity index (χ4n) is 1.82. The lowest BCUT2D eigenvalue weighted by Gasteiger charge is -2.32. The number of hydrogen-bond donors (Lipinski definition) is 1. The molecule has 1 aliphatic rings. The Morgan fingerprint density at radius 3 is 2.84 bits per heavy atom. The van der Waals surface area contributed by atoms with Crippen molar-refractivity contribution in [3.05, 3.63) is 29.8 Å². The number of nitrogens with one attached hydrogen (secondary N) is 1. The Morgan fingerprint density at radius 2 is 2.16 bits per heavy atom. The molecule has 1 atom stereocenters. The van der Waals surface area contributed by atoms with Gasteiger partial charge in [-0.25, -0.2) is 13.6 Å². The van der Waals surface area contributed by atoms with Gasteiger partial charge in [-0.2, -0.15) is 0 Å². The van der Waals surface area contributed by atoms with Crippen molar-refractivity contribution in [2.24, 2.45) is 0 Å². The first-order chi connectivity index (χ1) is 8.54. The van der Waals surface area contributed by atoms with Gasteiger partial charge in [0.15, 0.2) is 6.61 Å². The lowest BCUT2D eigenvalue weighted by molar-refractivity contribution is -0.104. The molecule has 1 aromatic carbocycles. The van der Waals surface area contributed by atoms with Crippen LogP contribution in [0, 0.1) is 0 Å². The average Bonchev–Trinajstić information content (AvgIpc) is 2.34. The molecule has 0 radical (unpaired) electrons. The molecule has 1 heterocycles. The van der Waals surface area contributed by atoms with Crippen molar-refractivity contribution in [2.75, 3.05) is 13.2 Å². The topological polar surface area (TPSA) is 47.6 Å². The number of rotatable bonds is 3. The molecule has 0 aromatic heterocycles. The van der Waals surface area contributed by atoms with Crippen molar-refractivity contribution < 1.29 is 23.0 Å². The molecule has 2 rings (SSSR count). The lowest BCUT2D eigenvalue weighted by atomic mass is 9.99. The highest BCUT2D eigenvalue weighted by molar-refractivity contribution is 5.85. The zero-order valence-corrected chi connectivity index (χ0v) is 11.0. The Balaban J connectivity index is 0.00000180. The minimum Gasteiger partial charge on any atom is -0.494 e. The van der Waals surface area contributed by atoms with Crippen LogP contribution in [0.4, 0.5) is 13.6 Å². The third kappa shape index (κ3) is 3.26. The zero-order chi connectivity index (χ0) is 13.2. The second-order valence-corrected chi connectivity index (χ2v) is 3.89. The summed E-state index contributed by atoms with van der Waals surface area (Å²) in [5.41, 5.74) is 0.251. The second kappa shape index (κ2) is 6.06. The van der Waals surface area contributed by atoms with Gasteiger partial charge in [0.2, 0.25) is 0 Å². The van der Waals surface area contributed by atoms with Gasteiger partial charge >= 0.3 is 12.0 Å². The van der Waals surface area contributed by atoms with E-state index in [0.29, 0.717) is 12.4 Å². The third-order valence-electron chi connectivity index (χ3n) is 2.61. The third-order valence-corrected chi connectivity index (χ3v) is 2.61. The van der Waals surface area contributed by atoms with Crippen LogP contribution < -0.4 is 10.1 Å². The molecule has 106 valence electrons. The molecule has 4 nitrogen and oxygen atoms in total. The first-order valence-corrected chi connectivity index (χ1v) is 5.57. The minimum atomic E-state index is -3.17. The van der Waals surface area contributed by atoms with Crippen molar-refractivity contribution in [3.8, 4) is 5.75 Å². The molecule has 1 N–H and O–H groups in total. The lowest BCUT2D eigenvalue weighted by Crippen LogP contribution is -2.49. The van der Waals surface area contributed by atoms with E-state index in [1.54, 1.807) is 25.1 Å². The van der Waals surface area contributed by atoms with E-state index in [-0.39, 0.29) is 18.0 Å². The zero-order valence-electron chi connectivity index (χ0n) is 10.2. The molecule has 0 saturated carbocycles. The Bertz CT molecular complexity index is 456. The van der Waals surface area contributed by atoms with Crippen molar-refractivity contribution in [3.63, 3.8) is 0 Å². The maximum absolute atomic E-state index is 13.8. The number of ether oxygens (including phenoxy) is 2. The number of amides is 1. The Morgan fingerprint density at radius 1 is 1.47 bits per heavy atom. The van der Waals surface area contributed by atoms with Crippen molar-refractivity contribution in [1.29, 1.82) is 0 Å². The van der Waals surface area contributed by atoms with Crippen LogP contribution in [0.1, 0.15) is 18.5 Å². The molecule has 1 saturated heterocycles. The molecule has 7 heteroatoms. The number of cyclic esters (lactones) is 1. The number of alkyl halides is 2. The van der Waals surface area contributed by atoms with E-state index in [0.717, 1.165) is 0 Å². The predicted molar refractivity (Wildman–Crippen MR) is 67.0 cm³/mol. The number of carbonyl (C=O) groups excluding carboxylic acids is 1. The quantitative estimate of drug-likeness (QED) is 0.932. The second-order valence-electron chi connectivity index (χ2n) is 3.89. The van der Waals surface area contributed by atoms with Gasteiger partial charge < -0.3 is 14.8 Å². The van der Waals surface area contributed by atoms with Crippen LogP contribution in [-0.4, -0.2) is 25.2 Å². The summed E-state index contributed by atoms with van der Waals surface area (Å²) in [5, 5.41) is 2.13. The van der Waals surface area contributed by atoms with Gasteiger partial charge in [-0.05, 0) is 13.0 Å². The van der Waals surface area contributed by atoms with E-state index in [1.165, 1.54) is 6.07 Å². The van der Waals surface area contributed by atoms with Gasteiger partial charge in [0.05, 0.1) is 6.61 Å². The molecule has 19 heavy (non-hydrogen) atoms. The Labute approximate surface area is 115 Å². The van der Waals surface area contributed by atoms with E-state index in [1.807, 2.05) is 0 Å². The SMILES string of the molecule is CCOc1ccccc1[C@H]1NC(=O)OCC1(F)F.Cl. The van der Waals surface area contributed by atoms with E-state index in [4.69, 9.17) is 4.74 Å². The van der Waals surface area contributed by atoms with Crippen LogP contribution in [0.25, 0.3) is 0 Å². The first kappa shape index (κ1) is 15.5. The van der Waals surface area contributed by atoms with Gasteiger partial charge in [0.25, 0.3) is 0 Å². The molecule has 1 fully saturated rings. The Hall–Kier alpha value is -1.56. The number of hydrogen-bond acceptors (Lipinski definition) is 3. The van der Waals surface area contributed by atoms with Crippen molar-refractivity contribution in [1.82, 2.24) is 5.32 Å². The molecule has 1 amide bonds. The van der Waals surface area contributed by atoms with Crippen LogP contribution in [0.15, 0.2) is 24.3 Å². The van der Waals surface area contributed by atoms with Crippen LogP contribution in [0.5, 0.6) is 5.75 Å². The summed E-state index contributed by atoms with van der Waals surface area (Å²) in [6, 6.07) is 4.98. The van der Waals surface area contributed by atoms with Gasteiger partial charge in [-0.1, -0.05) is 18.2 Å². The summed E-state index contributed by atoms with van der Waals surface area (Å²) in [5.74, 6) is -2.83. The number of carbonyl (C=O) groups is 1. The van der Waals surface area contributed by atoms with E-state index < -0.39 is 24.7 Å². The summed E-state index contributed by atoms with van der Waals surface area (Å²) in [6.45, 7) is 1.20. The van der Waals surface area contributed by atoms with Crippen LogP contribution in [0.2, 0.25) is 0 Å². The van der Waals surface area contributed by atoms with Crippen LogP contribution >= 0.6 is 12.4 Å². The number of benzene rings is 1. The summed E-state index contributed by atoms with van der Waals surface area (Å²) in [6.07, 6.45) is -0.850. The molecule has 0 spiro atoms.